The summed E-state index contributed by atoms with van der Waals surface area (Å²) in [6.07, 6.45) is 0. The molecule has 0 aliphatic heterocycles. The highest BCUT2D eigenvalue weighted by molar-refractivity contribution is 6.30. The molecule has 0 unspecified atom stereocenters. The van der Waals surface area contributed by atoms with Gasteiger partial charge >= 0.3 is 0 Å². The van der Waals surface area contributed by atoms with Crippen LogP contribution in [0.3, 0.4) is 0 Å². The van der Waals surface area contributed by atoms with Gasteiger partial charge in [-0.2, -0.15) is 0 Å². The minimum absolute atomic E-state index is 0.709. The number of hydrogen-bond donors (Lipinski definition) is 1. The number of hydrogen-bond acceptors (Lipinski definition) is 1. The van der Waals surface area contributed by atoms with E-state index in [-0.39, 0.29) is 0 Å². The topological polar surface area (TPSA) is 28.7 Å². The lowest BCUT2D eigenvalue weighted by molar-refractivity contribution is 1.34. The third-order valence-electron chi connectivity index (χ3n) is 3.70. The zero-order chi connectivity index (χ0) is 14.9. The molecule has 0 saturated carbocycles. The first-order valence-corrected chi connectivity index (χ1v) is 7.49. The zero-order valence-corrected chi connectivity index (χ0v) is 12.5. The van der Waals surface area contributed by atoms with Gasteiger partial charge in [-0.15, -0.1) is 0 Å². The number of nitrogens with zero attached hydrogens (tertiary/aromatic N) is 1. The molecule has 4 aromatic rings. The molecular formula is C19H13ClN2. The standard InChI is InChI=1S/C19H13ClN2/c20-15-9-4-8-14(12-15)19-21-17-11-5-10-16(18(17)22-19)13-6-2-1-3-7-13/h1-12H,(H,21,22). The number of rotatable bonds is 2. The van der Waals surface area contributed by atoms with Gasteiger partial charge in [0.1, 0.15) is 5.82 Å². The molecule has 0 aliphatic carbocycles. The highest BCUT2D eigenvalue weighted by atomic mass is 35.5. The van der Waals surface area contributed by atoms with Gasteiger partial charge in [0, 0.05) is 16.1 Å². The molecule has 0 saturated heterocycles. The van der Waals surface area contributed by atoms with Crippen LogP contribution in [0, 0.1) is 0 Å². The summed E-state index contributed by atoms with van der Waals surface area (Å²) in [5.41, 5.74) is 5.28. The summed E-state index contributed by atoms with van der Waals surface area (Å²) >= 11 is 6.08. The molecule has 0 atom stereocenters. The molecule has 4 rings (SSSR count). The van der Waals surface area contributed by atoms with Gasteiger partial charge in [-0.3, -0.25) is 0 Å². The summed E-state index contributed by atoms with van der Waals surface area (Å²) in [6, 6.07) is 24.2. The molecule has 0 spiro atoms. The number of aromatic nitrogens is 2. The van der Waals surface area contributed by atoms with Crippen LogP contribution in [0.4, 0.5) is 0 Å². The van der Waals surface area contributed by atoms with Crippen LogP contribution in [0.2, 0.25) is 5.02 Å². The van der Waals surface area contributed by atoms with E-state index in [4.69, 9.17) is 16.6 Å². The number of benzene rings is 3. The Kier molecular flexibility index (Phi) is 3.17. The van der Waals surface area contributed by atoms with E-state index in [1.807, 2.05) is 54.6 Å². The summed E-state index contributed by atoms with van der Waals surface area (Å²) in [4.78, 5) is 8.17. The number of para-hydroxylation sites is 1. The Morgan fingerprint density at radius 1 is 0.773 bits per heavy atom. The largest absolute Gasteiger partial charge is 0.338 e. The third kappa shape index (κ3) is 2.28. The van der Waals surface area contributed by atoms with Gasteiger partial charge in [-0.05, 0) is 23.8 Å². The molecule has 0 radical (unpaired) electrons. The molecule has 0 bridgehead atoms. The Balaban J connectivity index is 1.92. The molecule has 106 valence electrons. The smallest absolute Gasteiger partial charge is 0.138 e. The van der Waals surface area contributed by atoms with E-state index in [0.29, 0.717) is 5.02 Å². The number of H-pyrrole nitrogens is 1. The molecule has 1 aromatic heterocycles. The van der Waals surface area contributed by atoms with Gasteiger partial charge in [0.25, 0.3) is 0 Å². The maximum atomic E-state index is 6.08. The zero-order valence-electron chi connectivity index (χ0n) is 11.8. The van der Waals surface area contributed by atoms with Crippen molar-refractivity contribution in [3.05, 3.63) is 77.8 Å². The third-order valence-corrected chi connectivity index (χ3v) is 3.93. The summed E-state index contributed by atoms with van der Waals surface area (Å²) in [6.45, 7) is 0. The maximum Gasteiger partial charge on any atom is 0.138 e. The molecule has 2 nitrogen and oxygen atoms in total. The molecule has 3 aromatic carbocycles. The predicted molar refractivity (Wildman–Crippen MR) is 92.0 cm³/mol. The first kappa shape index (κ1) is 13.1. The minimum Gasteiger partial charge on any atom is -0.338 e. The van der Waals surface area contributed by atoms with E-state index in [2.05, 4.69) is 23.2 Å². The molecule has 1 heterocycles. The second-order valence-electron chi connectivity index (χ2n) is 5.16. The number of nitrogens with one attached hydrogen (secondary N) is 1. The lowest BCUT2D eigenvalue weighted by Gasteiger charge is -2.01. The van der Waals surface area contributed by atoms with E-state index in [1.54, 1.807) is 0 Å². The summed E-state index contributed by atoms with van der Waals surface area (Å²) in [5, 5.41) is 0.709. The van der Waals surface area contributed by atoms with Gasteiger partial charge < -0.3 is 4.98 Å². The van der Waals surface area contributed by atoms with Crippen LogP contribution in [-0.2, 0) is 0 Å². The number of aromatic amines is 1. The fraction of sp³-hybridized carbons (Fsp3) is 0. The number of halogens is 1. The van der Waals surface area contributed by atoms with Crippen LogP contribution < -0.4 is 0 Å². The van der Waals surface area contributed by atoms with Crippen molar-refractivity contribution in [1.29, 1.82) is 0 Å². The van der Waals surface area contributed by atoms with Crippen LogP contribution in [0.15, 0.2) is 72.8 Å². The quantitative estimate of drug-likeness (QED) is 0.516. The second kappa shape index (κ2) is 5.32. The van der Waals surface area contributed by atoms with E-state index in [0.717, 1.165) is 33.5 Å². The van der Waals surface area contributed by atoms with E-state index >= 15 is 0 Å². The monoisotopic (exact) mass is 304 g/mol. The van der Waals surface area contributed by atoms with E-state index in [9.17, 15) is 0 Å². The van der Waals surface area contributed by atoms with Crippen molar-refractivity contribution in [3.8, 4) is 22.5 Å². The molecule has 22 heavy (non-hydrogen) atoms. The minimum atomic E-state index is 0.709. The van der Waals surface area contributed by atoms with Crippen molar-refractivity contribution in [3.63, 3.8) is 0 Å². The average molecular weight is 305 g/mol. The van der Waals surface area contributed by atoms with Gasteiger partial charge in [0.15, 0.2) is 0 Å². The van der Waals surface area contributed by atoms with E-state index < -0.39 is 0 Å². The van der Waals surface area contributed by atoms with Crippen LogP contribution >= 0.6 is 11.6 Å². The van der Waals surface area contributed by atoms with Crippen LogP contribution in [0.5, 0.6) is 0 Å². The fourth-order valence-electron chi connectivity index (χ4n) is 2.66. The first-order chi connectivity index (χ1) is 10.8. The van der Waals surface area contributed by atoms with Gasteiger partial charge in [0.2, 0.25) is 0 Å². The van der Waals surface area contributed by atoms with Crippen molar-refractivity contribution in [1.82, 2.24) is 9.97 Å². The Labute approximate surface area is 133 Å². The molecule has 3 heteroatoms. The Morgan fingerprint density at radius 2 is 1.55 bits per heavy atom. The van der Waals surface area contributed by atoms with Gasteiger partial charge in [-0.1, -0.05) is 66.2 Å². The molecule has 0 amide bonds. The van der Waals surface area contributed by atoms with Crippen LogP contribution in [0.1, 0.15) is 0 Å². The number of fused-ring (bicyclic) bond motifs is 1. The average Bonchev–Trinajstić information content (AvgIpc) is 3.00. The normalized spacial score (nSPS) is 11.0. The van der Waals surface area contributed by atoms with Crippen molar-refractivity contribution in [2.45, 2.75) is 0 Å². The Morgan fingerprint density at radius 3 is 2.36 bits per heavy atom. The Bertz CT molecular complexity index is 942. The molecule has 0 fully saturated rings. The number of imidazole rings is 1. The van der Waals surface area contributed by atoms with Crippen molar-refractivity contribution < 1.29 is 0 Å². The highest BCUT2D eigenvalue weighted by Crippen LogP contribution is 2.30. The molecule has 1 N–H and O–H groups in total. The fourth-order valence-corrected chi connectivity index (χ4v) is 2.85. The van der Waals surface area contributed by atoms with Gasteiger partial charge in [0.05, 0.1) is 11.0 Å². The maximum absolute atomic E-state index is 6.08. The molecular weight excluding hydrogens is 292 g/mol. The van der Waals surface area contributed by atoms with E-state index in [1.165, 1.54) is 0 Å². The first-order valence-electron chi connectivity index (χ1n) is 7.11. The summed E-state index contributed by atoms with van der Waals surface area (Å²) in [5.74, 6) is 0.834. The lowest BCUT2D eigenvalue weighted by atomic mass is 10.0. The highest BCUT2D eigenvalue weighted by Gasteiger charge is 2.10. The predicted octanol–water partition coefficient (Wildman–Crippen LogP) is 5.55. The summed E-state index contributed by atoms with van der Waals surface area (Å²) in [7, 11) is 0. The summed E-state index contributed by atoms with van der Waals surface area (Å²) < 4.78 is 0. The van der Waals surface area contributed by atoms with Crippen LogP contribution in [0.25, 0.3) is 33.5 Å². The van der Waals surface area contributed by atoms with Crippen LogP contribution in [-0.4, -0.2) is 9.97 Å². The second-order valence-corrected chi connectivity index (χ2v) is 5.60. The van der Waals surface area contributed by atoms with Gasteiger partial charge in [-0.25, -0.2) is 4.98 Å². The molecule has 0 aliphatic rings. The SMILES string of the molecule is Clc1cccc(-c2nc3c(-c4ccccc4)cccc3[nH]2)c1. The van der Waals surface area contributed by atoms with Crippen molar-refractivity contribution in [2.75, 3.05) is 0 Å². The van der Waals surface area contributed by atoms with Crippen molar-refractivity contribution in [2.24, 2.45) is 0 Å². The lowest BCUT2D eigenvalue weighted by Crippen LogP contribution is -1.81. The Hall–Kier alpha value is -2.58. The van der Waals surface area contributed by atoms with Crippen molar-refractivity contribution >= 4 is 22.6 Å².